The molecule has 0 saturated carbocycles. The smallest absolute Gasteiger partial charge is 0.345 e. The van der Waals surface area contributed by atoms with Crippen LogP contribution in [0.1, 0.15) is 35.1 Å². The van der Waals surface area contributed by atoms with Crippen molar-refractivity contribution in [1.82, 2.24) is 19.4 Å². The molecule has 1 N–H and O–H groups in total. The zero-order valence-electron chi connectivity index (χ0n) is 21.8. The first-order valence-corrected chi connectivity index (χ1v) is 13.9. The molecule has 0 radical (unpaired) electrons. The number of amides is 1. The van der Waals surface area contributed by atoms with Crippen LogP contribution in [0.15, 0.2) is 73.1 Å². The van der Waals surface area contributed by atoms with E-state index in [1.165, 1.54) is 11.3 Å². The van der Waals surface area contributed by atoms with Gasteiger partial charge in [0.25, 0.3) is 0 Å². The minimum Gasteiger partial charge on any atom is -0.477 e. The second-order valence-electron chi connectivity index (χ2n) is 9.95. The lowest BCUT2D eigenvalue weighted by Crippen LogP contribution is -2.36. The average molecular weight is 537 g/mol. The van der Waals surface area contributed by atoms with E-state index in [0.717, 1.165) is 68.9 Å². The van der Waals surface area contributed by atoms with E-state index in [4.69, 9.17) is 0 Å². The molecule has 3 aromatic heterocycles. The molecule has 1 atom stereocenters. The molecule has 1 unspecified atom stereocenters. The normalized spacial score (nSPS) is 15.2. The Hall–Kier alpha value is -4.30. The summed E-state index contributed by atoms with van der Waals surface area (Å²) in [5.41, 5.74) is 7.17. The number of benzene rings is 2. The molecule has 5 aromatic rings. The molecule has 8 heteroatoms. The van der Waals surface area contributed by atoms with Gasteiger partial charge in [0, 0.05) is 36.1 Å². The van der Waals surface area contributed by atoms with Gasteiger partial charge in [0.2, 0.25) is 5.91 Å². The van der Waals surface area contributed by atoms with Crippen LogP contribution in [0.2, 0.25) is 0 Å². The van der Waals surface area contributed by atoms with E-state index in [2.05, 4.69) is 16.9 Å². The molecular formula is C31H28N4O3S. The fraction of sp³-hybridized carbons (Fsp3) is 0.226. The largest absolute Gasteiger partial charge is 0.477 e. The molecule has 1 fully saturated rings. The van der Waals surface area contributed by atoms with Gasteiger partial charge in [0.05, 0.1) is 27.3 Å². The van der Waals surface area contributed by atoms with E-state index in [9.17, 15) is 14.7 Å². The van der Waals surface area contributed by atoms with Crippen molar-refractivity contribution in [2.75, 3.05) is 6.54 Å². The summed E-state index contributed by atoms with van der Waals surface area (Å²) in [6.45, 7) is 4.92. The van der Waals surface area contributed by atoms with E-state index >= 15 is 0 Å². The van der Waals surface area contributed by atoms with Gasteiger partial charge in [-0.15, -0.1) is 11.3 Å². The Morgan fingerprint density at radius 3 is 2.38 bits per heavy atom. The summed E-state index contributed by atoms with van der Waals surface area (Å²) >= 11 is 1.25. The molecule has 7 nitrogen and oxygen atoms in total. The molecule has 4 heterocycles. The summed E-state index contributed by atoms with van der Waals surface area (Å²) < 4.78 is 2.88. The van der Waals surface area contributed by atoms with Crippen LogP contribution in [0, 0.1) is 6.92 Å². The van der Waals surface area contributed by atoms with E-state index in [0.29, 0.717) is 0 Å². The van der Waals surface area contributed by atoms with Crippen molar-refractivity contribution in [3.8, 4) is 33.6 Å². The van der Waals surface area contributed by atoms with E-state index in [1.807, 2.05) is 71.0 Å². The topological polar surface area (TPSA) is 88.3 Å². The van der Waals surface area contributed by atoms with E-state index in [1.54, 1.807) is 18.5 Å². The Labute approximate surface area is 230 Å². The number of hydrogen-bond acceptors (Lipinski definition) is 5. The van der Waals surface area contributed by atoms with Gasteiger partial charge in [-0.1, -0.05) is 54.6 Å². The lowest BCUT2D eigenvalue weighted by Gasteiger charge is -2.23. The second-order valence-corrected chi connectivity index (χ2v) is 11.0. The minimum atomic E-state index is -0.966. The van der Waals surface area contributed by atoms with Crippen LogP contribution in [0.4, 0.5) is 0 Å². The molecule has 1 saturated heterocycles. The number of rotatable bonds is 6. The van der Waals surface area contributed by atoms with Crippen LogP contribution in [-0.4, -0.2) is 49.0 Å². The summed E-state index contributed by atoms with van der Waals surface area (Å²) in [6.07, 6.45) is 5.37. The van der Waals surface area contributed by atoms with Crippen molar-refractivity contribution >= 4 is 33.4 Å². The summed E-state index contributed by atoms with van der Waals surface area (Å²) in [6, 6.07) is 20.0. The third-order valence-electron chi connectivity index (χ3n) is 7.49. The zero-order valence-corrected chi connectivity index (χ0v) is 22.6. The fourth-order valence-corrected chi connectivity index (χ4v) is 6.64. The summed E-state index contributed by atoms with van der Waals surface area (Å²) in [5, 5.41) is 9.81. The number of aromatic nitrogens is 3. The van der Waals surface area contributed by atoms with Gasteiger partial charge in [-0.2, -0.15) is 0 Å². The first kappa shape index (κ1) is 25.0. The van der Waals surface area contributed by atoms with Crippen LogP contribution in [-0.2, 0) is 11.3 Å². The second kappa shape index (κ2) is 10.1. The number of carbonyl (C=O) groups is 2. The maximum Gasteiger partial charge on any atom is 0.345 e. The molecule has 2 aromatic carbocycles. The molecule has 1 aliphatic heterocycles. The number of thiophene rings is 1. The monoisotopic (exact) mass is 536 g/mol. The summed E-state index contributed by atoms with van der Waals surface area (Å²) in [5.74, 6) is -0.917. The fourth-order valence-electron chi connectivity index (χ4n) is 5.57. The quantitative estimate of drug-likeness (QED) is 0.267. The van der Waals surface area contributed by atoms with Crippen LogP contribution >= 0.6 is 11.3 Å². The highest BCUT2D eigenvalue weighted by Gasteiger charge is 2.29. The molecule has 196 valence electrons. The number of carboxylic acid groups (broad SMARTS) is 1. The highest BCUT2D eigenvalue weighted by Crippen LogP contribution is 2.45. The van der Waals surface area contributed by atoms with Crippen molar-refractivity contribution in [2.45, 2.75) is 39.3 Å². The molecular weight excluding hydrogens is 508 g/mol. The van der Waals surface area contributed by atoms with Gasteiger partial charge >= 0.3 is 5.97 Å². The first-order valence-electron chi connectivity index (χ1n) is 13.0. The highest BCUT2D eigenvalue weighted by atomic mass is 32.1. The number of nitrogens with zero attached hydrogens (tertiary/aromatic N) is 4. The van der Waals surface area contributed by atoms with E-state index < -0.39 is 5.97 Å². The number of carbonyl (C=O) groups excluding carboxylic acids is 1. The van der Waals surface area contributed by atoms with Crippen molar-refractivity contribution in [1.29, 1.82) is 0 Å². The van der Waals surface area contributed by atoms with Gasteiger partial charge in [-0.05, 0) is 43.9 Å². The lowest BCUT2D eigenvalue weighted by atomic mass is 9.99. The van der Waals surface area contributed by atoms with Crippen LogP contribution in [0.25, 0.3) is 43.9 Å². The van der Waals surface area contributed by atoms with Gasteiger partial charge < -0.3 is 14.6 Å². The van der Waals surface area contributed by atoms with Crippen molar-refractivity contribution in [3.05, 3.63) is 83.6 Å². The SMILES string of the molecule is Cc1nccnc1-c1ccc(-c2c(-c3ccccc3)c3sc(C(=O)O)cc3n2CC(=O)N2CCCC2C)cc1. The molecule has 1 aliphatic rings. The number of carboxylic acids is 1. The maximum absolute atomic E-state index is 13.6. The molecule has 1 amide bonds. The Kier molecular flexibility index (Phi) is 6.48. The van der Waals surface area contributed by atoms with Crippen molar-refractivity contribution in [3.63, 3.8) is 0 Å². The summed E-state index contributed by atoms with van der Waals surface area (Å²) in [7, 11) is 0. The lowest BCUT2D eigenvalue weighted by molar-refractivity contribution is -0.132. The molecule has 0 spiro atoms. The summed E-state index contributed by atoms with van der Waals surface area (Å²) in [4.78, 5) is 36.6. The minimum absolute atomic E-state index is 0.0487. The van der Waals surface area contributed by atoms with Crippen LogP contribution in [0.3, 0.4) is 0 Å². The molecule has 6 rings (SSSR count). The van der Waals surface area contributed by atoms with E-state index in [-0.39, 0.29) is 23.4 Å². The van der Waals surface area contributed by atoms with Gasteiger partial charge in [0.15, 0.2) is 0 Å². The Balaban J connectivity index is 1.56. The highest BCUT2D eigenvalue weighted by molar-refractivity contribution is 7.21. The predicted molar refractivity (Wildman–Crippen MR) is 154 cm³/mol. The third-order valence-corrected chi connectivity index (χ3v) is 8.62. The standard InChI is InChI=1S/C31H28N4O3S/c1-19-7-6-16-34(19)26(36)18-35-24-17-25(31(37)38)39-30(24)27(21-8-4-3-5-9-21)29(35)23-12-10-22(11-13-23)28-20(2)32-14-15-33-28/h3-5,8-15,17,19H,6-7,16,18H2,1-2H3,(H,37,38). The molecule has 0 aliphatic carbocycles. The van der Waals surface area contributed by atoms with Gasteiger partial charge in [-0.25, -0.2) is 4.79 Å². The average Bonchev–Trinajstić information content (AvgIpc) is 3.64. The maximum atomic E-state index is 13.6. The Bertz CT molecular complexity index is 1690. The number of fused-ring (bicyclic) bond motifs is 1. The first-order chi connectivity index (χ1) is 18.9. The van der Waals surface area contributed by atoms with Gasteiger partial charge in [-0.3, -0.25) is 14.8 Å². The third kappa shape index (κ3) is 4.51. The Morgan fingerprint density at radius 1 is 1.00 bits per heavy atom. The molecule has 0 bridgehead atoms. The van der Waals surface area contributed by atoms with Crippen LogP contribution in [0.5, 0.6) is 0 Å². The van der Waals surface area contributed by atoms with Crippen LogP contribution < -0.4 is 0 Å². The number of likely N-dealkylation sites (tertiary alicyclic amines) is 1. The number of hydrogen-bond donors (Lipinski definition) is 1. The number of aryl methyl sites for hydroxylation is 1. The molecule has 39 heavy (non-hydrogen) atoms. The zero-order chi connectivity index (χ0) is 27.1. The van der Waals surface area contributed by atoms with Gasteiger partial charge in [0.1, 0.15) is 11.4 Å². The Morgan fingerprint density at radius 2 is 1.72 bits per heavy atom. The number of aromatic carboxylic acids is 1. The van der Waals surface area contributed by atoms with Crippen molar-refractivity contribution < 1.29 is 14.7 Å². The van der Waals surface area contributed by atoms with Crippen molar-refractivity contribution in [2.24, 2.45) is 0 Å². The predicted octanol–water partition coefficient (Wildman–Crippen LogP) is 6.51.